The third-order valence-corrected chi connectivity index (χ3v) is 4.16. The fourth-order valence-electron chi connectivity index (χ4n) is 1.85. The number of carbonyl (C=O) groups excluding carboxylic acids is 1. The molecule has 0 spiro atoms. The van der Waals surface area contributed by atoms with Crippen molar-refractivity contribution in [1.82, 2.24) is 0 Å². The summed E-state index contributed by atoms with van der Waals surface area (Å²) >= 11 is 2.03. The van der Waals surface area contributed by atoms with Crippen molar-refractivity contribution in [2.24, 2.45) is 5.92 Å². The summed E-state index contributed by atoms with van der Waals surface area (Å²) in [5.41, 5.74) is 1.66. The van der Waals surface area contributed by atoms with Gasteiger partial charge in [-0.1, -0.05) is 0 Å². The van der Waals surface area contributed by atoms with Gasteiger partial charge in [-0.3, -0.25) is 0 Å². The van der Waals surface area contributed by atoms with E-state index in [1.165, 1.54) is 25.0 Å². The van der Waals surface area contributed by atoms with E-state index in [0.29, 0.717) is 5.56 Å². The van der Waals surface area contributed by atoms with Gasteiger partial charge in [-0.25, -0.2) is 4.79 Å². The molecular weight excluding hydrogens is 234 g/mol. The van der Waals surface area contributed by atoms with Gasteiger partial charge >= 0.3 is 5.97 Å². The molecule has 17 heavy (non-hydrogen) atoms. The second-order valence-corrected chi connectivity index (χ2v) is 5.33. The Hall–Kier alpha value is -1.16. The van der Waals surface area contributed by atoms with Crippen LogP contribution in [0.2, 0.25) is 0 Å². The van der Waals surface area contributed by atoms with Crippen molar-refractivity contribution >= 4 is 23.4 Å². The van der Waals surface area contributed by atoms with Crippen LogP contribution in [0.3, 0.4) is 0 Å². The number of anilines is 1. The smallest absolute Gasteiger partial charge is 0.337 e. The van der Waals surface area contributed by atoms with Crippen molar-refractivity contribution < 1.29 is 9.53 Å². The molecule has 0 aliphatic carbocycles. The van der Waals surface area contributed by atoms with Gasteiger partial charge in [0.25, 0.3) is 0 Å². The van der Waals surface area contributed by atoms with Crippen LogP contribution in [0.1, 0.15) is 16.8 Å². The number of methoxy groups -OCH3 is 1. The SMILES string of the molecule is COC(=O)c1ccc(NCC2CCSC2)cc1. The Labute approximate surface area is 106 Å². The Kier molecular flexibility index (Phi) is 4.31. The fourth-order valence-corrected chi connectivity index (χ4v) is 3.13. The Bertz CT molecular complexity index is 372. The number of hydrogen-bond donors (Lipinski definition) is 1. The van der Waals surface area contributed by atoms with Crippen LogP contribution in [-0.2, 0) is 4.74 Å². The summed E-state index contributed by atoms with van der Waals surface area (Å²) in [5, 5.41) is 3.41. The minimum atomic E-state index is -0.288. The molecule has 1 N–H and O–H groups in total. The van der Waals surface area contributed by atoms with Crippen molar-refractivity contribution in [3.8, 4) is 0 Å². The highest BCUT2D eigenvalue weighted by atomic mass is 32.2. The largest absolute Gasteiger partial charge is 0.465 e. The molecule has 1 aromatic rings. The zero-order chi connectivity index (χ0) is 12.1. The molecular formula is C13H17NO2S. The average molecular weight is 251 g/mol. The van der Waals surface area contributed by atoms with Crippen molar-refractivity contribution in [2.45, 2.75) is 6.42 Å². The molecule has 0 radical (unpaired) electrons. The predicted molar refractivity (Wildman–Crippen MR) is 71.7 cm³/mol. The van der Waals surface area contributed by atoms with Gasteiger partial charge in [0.2, 0.25) is 0 Å². The standard InChI is InChI=1S/C13H17NO2S/c1-16-13(15)11-2-4-12(5-3-11)14-8-10-6-7-17-9-10/h2-5,10,14H,6-9H2,1H3. The maximum atomic E-state index is 11.2. The van der Waals surface area contributed by atoms with Crippen LogP contribution >= 0.6 is 11.8 Å². The summed E-state index contributed by atoms with van der Waals surface area (Å²) in [7, 11) is 1.40. The first-order valence-electron chi connectivity index (χ1n) is 5.79. The third kappa shape index (κ3) is 3.40. The monoisotopic (exact) mass is 251 g/mol. The van der Waals surface area contributed by atoms with Crippen molar-refractivity contribution in [3.05, 3.63) is 29.8 Å². The van der Waals surface area contributed by atoms with Crippen LogP contribution < -0.4 is 5.32 Å². The minimum Gasteiger partial charge on any atom is -0.465 e. The first-order valence-corrected chi connectivity index (χ1v) is 6.95. The van der Waals surface area contributed by atoms with Gasteiger partial charge in [-0.05, 0) is 48.1 Å². The van der Waals surface area contributed by atoms with Crippen LogP contribution in [0.4, 0.5) is 5.69 Å². The van der Waals surface area contributed by atoms with Crippen LogP contribution in [-0.4, -0.2) is 31.1 Å². The average Bonchev–Trinajstić information content (AvgIpc) is 2.89. The minimum absolute atomic E-state index is 0.288. The van der Waals surface area contributed by atoms with Gasteiger partial charge in [-0.2, -0.15) is 11.8 Å². The van der Waals surface area contributed by atoms with Crippen LogP contribution in [0.5, 0.6) is 0 Å². The van der Waals surface area contributed by atoms with Gasteiger partial charge < -0.3 is 10.1 Å². The van der Waals surface area contributed by atoms with Gasteiger partial charge in [-0.15, -0.1) is 0 Å². The van der Waals surface area contributed by atoms with Gasteiger partial charge in [0.05, 0.1) is 12.7 Å². The normalized spacial score (nSPS) is 19.0. The molecule has 1 atom stereocenters. The van der Waals surface area contributed by atoms with E-state index in [2.05, 4.69) is 10.1 Å². The molecule has 0 amide bonds. The van der Waals surface area contributed by atoms with E-state index in [9.17, 15) is 4.79 Å². The zero-order valence-electron chi connectivity index (χ0n) is 9.94. The summed E-state index contributed by atoms with van der Waals surface area (Å²) in [4.78, 5) is 11.2. The topological polar surface area (TPSA) is 38.3 Å². The summed E-state index contributed by atoms with van der Waals surface area (Å²) in [5.74, 6) is 3.03. The third-order valence-electron chi connectivity index (χ3n) is 2.92. The highest BCUT2D eigenvalue weighted by Gasteiger charge is 2.14. The number of carbonyl (C=O) groups is 1. The van der Waals surface area contributed by atoms with Crippen molar-refractivity contribution in [1.29, 1.82) is 0 Å². The Morgan fingerprint density at radius 1 is 1.47 bits per heavy atom. The molecule has 1 saturated heterocycles. The quantitative estimate of drug-likeness (QED) is 0.835. The van der Waals surface area contributed by atoms with Crippen LogP contribution in [0.25, 0.3) is 0 Å². The van der Waals surface area contributed by atoms with Crippen molar-refractivity contribution in [2.75, 3.05) is 30.5 Å². The first-order chi connectivity index (χ1) is 8.29. The molecule has 1 unspecified atom stereocenters. The molecule has 1 aliphatic rings. The molecule has 0 aromatic heterocycles. The van der Waals surface area contributed by atoms with Gasteiger partial charge in [0, 0.05) is 12.2 Å². The number of benzene rings is 1. The van der Waals surface area contributed by atoms with Crippen molar-refractivity contribution in [3.63, 3.8) is 0 Å². The highest BCUT2D eigenvalue weighted by Crippen LogP contribution is 2.23. The maximum absolute atomic E-state index is 11.2. The van der Waals surface area contributed by atoms with Crippen LogP contribution in [0.15, 0.2) is 24.3 Å². The molecule has 2 rings (SSSR count). The van der Waals surface area contributed by atoms with E-state index in [1.54, 1.807) is 12.1 Å². The lowest BCUT2D eigenvalue weighted by atomic mass is 10.1. The molecule has 1 aromatic carbocycles. The summed E-state index contributed by atoms with van der Waals surface area (Å²) in [6.45, 7) is 1.02. The van der Waals surface area contributed by atoms with E-state index in [1.807, 2.05) is 23.9 Å². The molecule has 1 fully saturated rings. The first kappa shape index (κ1) is 12.3. The lowest BCUT2D eigenvalue weighted by Gasteiger charge is -2.11. The molecule has 0 saturated carbocycles. The number of hydrogen-bond acceptors (Lipinski definition) is 4. The lowest BCUT2D eigenvalue weighted by Crippen LogP contribution is -2.13. The number of rotatable bonds is 4. The highest BCUT2D eigenvalue weighted by molar-refractivity contribution is 7.99. The molecule has 3 nitrogen and oxygen atoms in total. The second kappa shape index (κ2) is 5.96. The predicted octanol–water partition coefficient (Wildman–Crippen LogP) is 2.64. The number of thioether (sulfide) groups is 1. The van der Waals surface area contributed by atoms with E-state index >= 15 is 0 Å². The Balaban J connectivity index is 1.87. The van der Waals surface area contributed by atoms with E-state index in [0.717, 1.165) is 18.2 Å². The Morgan fingerprint density at radius 3 is 2.82 bits per heavy atom. The van der Waals surface area contributed by atoms with E-state index in [4.69, 9.17) is 0 Å². The molecule has 1 aliphatic heterocycles. The molecule has 92 valence electrons. The summed E-state index contributed by atoms with van der Waals surface area (Å²) in [6.07, 6.45) is 1.30. The summed E-state index contributed by atoms with van der Waals surface area (Å²) < 4.78 is 4.66. The second-order valence-electron chi connectivity index (χ2n) is 4.18. The van der Waals surface area contributed by atoms with Crippen LogP contribution in [0, 0.1) is 5.92 Å². The van der Waals surface area contributed by atoms with Gasteiger partial charge in [0.15, 0.2) is 0 Å². The van der Waals surface area contributed by atoms with E-state index < -0.39 is 0 Å². The Morgan fingerprint density at radius 2 is 2.24 bits per heavy atom. The zero-order valence-corrected chi connectivity index (χ0v) is 10.8. The summed E-state index contributed by atoms with van der Waals surface area (Å²) in [6, 6.07) is 7.43. The fraction of sp³-hybridized carbons (Fsp3) is 0.462. The molecule has 0 bridgehead atoms. The number of ether oxygens (including phenoxy) is 1. The molecule has 4 heteroatoms. The number of esters is 1. The molecule has 1 heterocycles. The van der Waals surface area contributed by atoms with E-state index in [-0.39, 0.29) is 5.97 Å². The maximum Gasteiger partial charge on any atom is 0.337 e. The number of nitrogens with one attached hydrogen (secondary N) is 1. The van der Waals surface area contributed by atoms with Gasteiger partial charge in [0.1, 0.15) is 0 Å². The lowest BCUT2D eigenvalue weighted by molar-refractivity contribution is 0.0601.